The lowest BCUT2D eigenvalue weighted by molar-refractivity contribution is -0.138. The number of rotatable bonds is 4. The van der Waals surface area contributed by atoms with Gasteiger partial charge in [0.25, 0.3) is 0 Å². The van der Waals surface area contributed by atoms with E-state index < -0.39 is 11.9 Å². The molecule has 0 radical (unpaired) electrons. The van der Waals surface area contributed by atoms with E-state index in [1.54, 1.807) is 13.0 Å². The summed E-state index contributed by atoms with van der Waals surface area (Å²) in [6, 6.07) is 3.70. The lowest BCUT2D eigenvalue weighted by Crippen LogP contribution is -2.10. The number of carboxylic acid groups (broad SMARTS) is 1. The zero-order valence-corrected chi connectivity index (χ0v) is 10.0. The first-order valence-corrected chi connectivity index (χ1v) is 5.78. The molecule has 4 heteroatoms. The first-order valence-electron chi connectivity index (χ1n) is 5.78. The number of carboxylic acids is 1. The molecule has 1 aromatic carbocycles. The van der Waals surface area contributed by atoms with Crippen LogP contribution in [-0.4, -0.2) is 24.3 Å². The predicted octanol–water partition coefficient (Wildman–Crippen LogP) is 2.21. The van der Waals surface area contributed by atoms with Crippen molar-refractivity contribution in [2.24, 2.45) is 0 Å². The van der Waals surface area contributed by atoms with Crippen LogP contribution in [-0.2, 0) is 11.2 Å². The number of ether oxygens (including phenoxy) is 2. The Labute approximate surface area is 100 Å². The van der Waals surface area contributed by atoms with E-state index in [4.69, 9.17) is 14.6 Å². The molecule has 2 rings (SSSR count). The molecule has 0 aromatic heterocycles. The summed E-state index contributed by atoms with van der Waals surface area (Å²) >= 11 is 0. The molecule has 0 bridgehead atoms. The van der Waals surface area contributed by atoms with Gasteiger partial charge in [0, 0.05) is 17.5 Å². The highest BCUT2D eigenvalue weighted by molar-refractivity contribution is 5.77. The molecule has 0 spiro atoms. The summed E-state index contributed by atoms with van der Waals surface area (Å²) in [5.74, 6) is -0.00171. The largest absolute Gasteiger partial charge is 0.494 e. The molecule has 4 nitrogen and oxygen atoms in total. The third kappa shape index (κ3) is 2.20. The molecule has 0 saturated heterocycles. The van der Waals surface area contributed by atoms with Crippen molar-refractivity contribution in [3.63, 3.8) is 0 Å². The Morgan fingerprint density at radius 3 is 3.00 bits per heavy atom. The summed E-state index contributed by atoms with van der Waals surface area (Å²) in [5, 5.41) is 9.08. The lowest BCUT2D eigenvalue weighted by Gasteiger charge is -2.15. The Kier molecular flexibility index (Phi) is 3.22. The molecule has 0 fully saturated rings. The highest BCUT2D eigenvalue weighted by Crippen LogP contribution is 2.36. The van der Waals surface area contributed by atoms with Crippen LogP contribution >= 0.6 is 0 Å². The van der Waals surface area contributed by atoms with Crippen LogP contribution in [0.4, 0.5) is 0 Å². The van der Waals surface area contributed by atoms with Crippen LogP contribution in [0.15, 0.2) is 12.1 Å². The zero-order valence-electron chi connectivity index (χ0n) is 10.0. The molecule has 1 atom stereocenters. The number of hydrogen-bond acceptors (Lipinski definition) is 3. The van der Waals surface area contributed by atoms with Gasteiger partial charge in [0.2, 0.25) is 0 Å². The molecule has 1 N–H and O–H groups in total. The minimum Gasteiger partial charge on any atom is -0.494 e. The van der Waals surface area contributed by atoms with E-state index in [0.717, 1.165) is 17.7 Å². The first-order chi connectivity index (χ1) is 8.13. The van der Waals surface area contributed by atoms with Crippen molar-refractivity contribution in [2.75, 3.05) is 13.2 Å². The van der Waals surface area contributed by atoms with Crippen LogP contribution in [0.25, 0.3) is 0 Å². The van der Waals surface area contributed by atoms with Crippen LogP contribution in [0.2, 0.25) is 0 Å². The molecule has 0 aliphatic carbocycles. The zero-order chi connectivity index (χ0) is 12.4. The Balaban J connectivity index is 2.44. The van der Waals surface area contributed by atoms with Gasteiger partial charge in [-0.25, -0.2) is 0 Å². The number of benzene rings is 1. The quantitative estimate of drug-likeness (QED) is 0.870. The molecule has 0 saturated carbocycles. The number of carbonyl (C=O) groups is 1. The average Bonchev–Trinajstić information content (AvgIpc) is 2.74. The van der Waals surface area contributed by atoms with E-state index >= 15 is 0 Å². The Morgan fingerprint density at radius 1 is 1.59 bits per heavy atom. The van der Waals surface area contributed by atoms with Crippen molar-refractivity contribution in [3.05, 3.63) is 23.3 Å². The van der Waals surface area contributed by atoms with Crippen molar-refractivity contribution >= 4 is 5.97 Å². The Morgan fingerprint density at radius 2 is 2.35 bits per heavy atom. The molecule has 1 aliphatic heterocycles. The van der Waals surface area contributed by atoms with E-state index in [1.165, 1.54) is 0 Å². The maximum absolute atomic E-state index is 11.1. The number of aliphatic carboxylic acids is 1. The maximum Gasteiger partial charge on any atom is 0.310 e. The van der Waals surface area contributed by atoms with Gasteiger partial charge in [-0.15, -0.1) is 0 Å². The second-order valence-electron chi connectivity index (χ2n) is 4.09. The SMILES string of the molecule is CCOc1cc2c(cc1C(C)C(=O)O)OCC2. The molecule has 0 amide bonds. The summed E-state index contributed by atoms with van der Waals surface area (Å²) < 4.78 is 11.0. The summed E-state index contributed by atoms with van der Waals surface area (Å²) in [5.41, 5.74) is 1.77. The second kappa shape index (κ2) is 4.65. The summed E-state index contributed by atoms with van der Waals surface area (Å²) in [7, 11) is 0. The average molecular weight is 236 g/mol. The van der Waals surface area contributed by atoms with Gasteiger partial charge in [0.1, 0.15) is 11.5 Å². The summed E-state index contributed by atoms with van der Waals surface area (Å²) in [6.07, 6.45) is 0.858. The molecular formula is C13H16O4. The summed E-state index contributed by atoms with van der Waals surface area (Å²) in [4.78, 5) is 11.1. The van der Waals surface area contributed by atoms with Gasteiger partial charge >= 0.3 is 5.97 Å². The fourth-order valence-corrected chi connectivity index (χ4v) is 1.97. The van der Waals surface area contributed by atoms with Crippen molar-refractivity contribution in [2.45, 2.75) is 26.2 Å². The minimum absolute atomic E-state index is 0.527. The van der Waals surface area contributed by atoms with Gasteiger partial charge in [0.15, 0.2) is 0 Å². The van der Waals surface area contributed by atoms with Crippen molar-refractivity contribution in [3.8, 4) is 11.5 Å². The Bertz CT molecular complexity index is 439. The standard InChI is InChI=1S/C13H16O4/c1-3-16-12-6-9-4-5-17-11(9)7-10(12)8(2)13(14)15/h6-8H,3-5H2,1-2H3,(H,14,15). The highest BCUT2D eigenvalue weighted by atomic mass is 16.5. The molecule has 1 aliphatic rings. The van der Waals surface area contributed by atoms with Crippen LogP contribution in [0.5, 0.6) is 11.5 Å². The van der Waals surface area contributed by atoms with Crippen molar-refractivity contribution in [1.29, 1.82) is 0 Å². The van der Waals surface area contributed by atoms with E-state index in [2.05, 4.69) is 0 Å². The van der Waals surface area contributed by atoms with E-state index in [9.17, 15) is 4.79 Å². The van der Waals surface area contributed by atoms with E-state index in [-0.39, 0.29) is 0 Å². The fraction of sp³-hybridized carbons (Fsp3) is 0.462. The monoisotopic (exact) mass is 236 g/mol. The molecular weight excluding hydrogens is 220 g/mol. The van der Waals surface area contributed by atoms with Gasteiger partial charge in [-0.3, -0.25) is 4.79 Å². The van der Waals surface area contributed by atoms with Gasteiger partial charge in [-0.1, -0.05) is 0 Å². The van der Waals surface area contributed by atoms with Gasteiger partial charge < -0.3 is 14.6 Å². The molecule has 17 heavy (non-hydrogen) atoms. The third-order valence-electron chi connectivity index (χ3n) is 2.96. The minimum atomic E-state index is -0.857. The first kappa shape index (κ1) is 11.8. The van der Waals surface area contributed by atoms with Gasteiger partial charge in [0.05, 0.1) is 19.1 Å². The molecule has 92 valence electrons. The predicted molar refractivity (Wildman–Crippen MR) is 62.9 cm³/mol. The highest BCUT2D eigenvalue weighted by Gasteiger charge is 2.23. The van der Waals surface area contributed by atoms with Crippen molar-refractivity contribution in [1.82, 2.24) is 0 Å². The number of hydrogen-bond donors (Lipinski definition) is 1. The van der Waals surface area contributed by atoms with E-state index in [0.29, 0.717) is 24.5 Å². The molecule has 1 aromatic rings. The van der Waals surface area contributed by atoms with Crippen LogP contribution in [0.1, 0.15) is 30.9 Å². The molecule has 1 unspecified atom stereocenters. The van der Waals surface area contributed by atoms with Crippen LogP contribution in [0, 0.1) is 0 Å². The van der Waals surface area contributed by atoms with Crippen LogP contribution in [0.3, 0.4) is 0 Å². The summed E-state index contributed by atoms with van der Waals surface area (Å²) in [6.45, 7) is 4.73. The van der Waals surface area contributed by atoms with Gasteiger partial charge in [-0.2, -0.15) is 0 Å². The smallest absolute Gasteiger partial charge is 0.310 e. The lowest BCUT2D eigenvalue weighted by atomic mass is 9.97. The normalized spacial score (nSPS) is 14.9. The van der Waals surface area contributed by atoms with Gasteiger partial charge in [-0.05, 0) is 26.0 Å². The number of fused-ring (bicyclic) bond motifs is 1. The van der Waals surface area contributed by atoms with Crippen LogP contribution < -0.4 is 9.47 Å². The topological polar surface area (TPSA) is 55.8 Å². The third-order valence-corrected chi connectivity index (χ3v) is 2.96. The van der Waals surface area contributed by atoms with Crippen molar-refractivity contribution < 1.29 is 19.4 Å². The Hall–Kier alpha value is -1.71. The second-order valence-corrected chi connectivity index (χ2v) is 4.09. The maximum atomic E-state index is 11.1. The molecule has 1 heterocycles. The van der Waals surface area contributed by atoms with E-state index in [1.807, 2.05) is 13.0 Å². The fourth-order valence-electron chi connectivity index (χ4n) is 1.97.